The number of nitrogens with one attached hydrogen (secondary N) is 3. The third kappa shape index (κ3) is 8.61. The molecule has 1 amide bonds. The van der Waals surface area contributed by atoms with Crippen molar-refractivity contribution in [3.63, 3.8) is 0 Å². The number of ketones is 1. The zero-order valence-corrected chi connectivity index (χ0v) is 22.6. The first-order valence-electron chi connectivity index (χ1n) is 13.7. The molecule has 0 saturated carbocycles. The average molecular weight is 510 g/mol. The average Bonchev–Trinajstić information content (AvgIpc) is 3.38. The van der Waals surface area contributed by atoms with Crippen LogP contribution in [0.15, 0.2) is 36.5 Å². The van der Waals surface area contributed by atoms with E-state index < -0.39 is 11.5 Å². The van der Waals surface area contributed by atoms with Gasteiger partial charge in [-0.1, -0.05) is 50.1 Å². The molecule has 37 heavy (non-hydrogen) atoms. The summed E-state index contributed by atoms with van der Waals surface area (Å²) in [6, 6.07) is 9.91. The van der Waals surface area contributed by atoms with E-state index in [-0.39, 0.29) is 24.0 Å². The van der Waals surface area contributed by atoms with Gasteiger partial charge >= 0.3 is 0 Å². The van der Waals surface area contributed by atoms with E-state index in [0.29, 0.717) is 44.0 Å². The number of imidazole rings is 1. The number of aliphatic hydroxyl groups is 1. The normalized spacial score (nSPS) is 16.5. The van der Waals surface area contributed by atoms with Crippen LogP contribution in [-0.4, -0.2) is 62.1 Å². The maximum atomic E-state index is 13.1. The molecule has 4 N–H and O–H groups in total. The van der Waals surface area contributed by atoms with E-state index in [2.05, 4.69) is 34.0 Å². The van der Waals surface area contributed by atoms with Crippen LogP contribution in [0, 0.1) is 5.41 Å². The Hall–Kier alpha value is -2.84. The molecular formula is C29H43N5O3. The topological polar surface area (TPSA) is 122 Å². The van der Waals surface area contributed by atoms with Crippen molar-refractivity contribution in [1.82, 2.24) is 20.2 Å². The predicted octanol–water partition coefficient (Wildman–Crippen LogP) is 4.81. The fourth-order valence-electron chi connectivity index (χ4n) is 4.87. The summed E-state index contributed by atoms with van der Waals surface area (Å²) in [4.78, 5) is 34.9. The lowest BCUT2D eigenvalue weighted by Gasteiger charge is -2.40. The standard InChI is InChI=1S/C29H43N5O3/c1-4-23(35)13-9-6-10-14-25(27-31-20-26(32-27)22-11-7-5-8-12-22)33-28(36)24(30)19-29(37)15-17-34(18-16-29)21(2)3/h5,7-8,11-12,20-21,25,30,37H,4,6,9-10,13-19H2,1-3H3,(H,31,32)(H,33,36). The lowest BCUT2D eigenvalue weighted by atomic mass is 9.85. The van der Waals surface area contributed by atoms with Gasteiger partial charge in [-0.05, 0) is 45.1 Å². The van der Waals surface area contributed by atoms with Crippen molar-refractivity contribution in [3.05, 3.63) is 42.4 Å². The SMILES string of the molecule is CCC(=O)CCCCCC(NC(=O)C(=N)CC1(O)CCN(C(C)C)CC1)c1ncc(-c2ccccc2)[nH]1. The minimum absolute atomic E-state index is 0.0457. The van der Waals surface area contributed by atoms with Crippen LogP contribution in [0.3, 0.4) is 0 Å². The molecule has 2 heterocycles. The molecule has 0 bridgehead atoms. The van der Waals surface area contributed by atoms with E-state index in [9.17, 15) is 14.7 Å². The molecular weight excluding hydrogens is 466 g/mol. The largest absolute Gasteiger partial charge is 0.389 e. The van der Waals surface area contributed by atoms with E-state index in [4.69, 9.17) is 5.41 Å². The second kappa shape index (κ2) is 13.6. The van der Waals surface area contributed by atoms with Gasteiger partial charge in [-0.15, -0.1) is 0 Å². The molecule has 0 spiro atoms. The first kappa shape index (κ1) is 28.7. The number of benzene rings is 1. The third-order valence-corrected chi connectivity index (χ3v) is 7.40. The summed E-state index contributed by atoms with van der Waals surface area (Å²) in [7, 11) is 0. The molecule has 1 fully saturated rings. The Balaban J connectivity index is 1.63. The van der Waals surface area contributed by atoms with Crippen molar-refractivity contribution < 1.29 is 14.7 Å². The van der Waals surface area contributed by atoms with Gasteiger partial charge < -0.3 is 20.3 Å². The molecule has 1 unspecified atom stereocenters. The van der Waals surface area contributed by atoms with Crippen molar-refractivity contribution in [3.8, 4) is 11.3 Å². The van der Waals surface area contributed by atoms with Crippen LogP contribution < -0.4 is 5.32 Å². The summed E-state index contributed by atoms with van der Waals surface area (Å²) in [5, 5.41) is 22.5. The highest BCUT2D eigenvalue weighted by atomic mass is 16.3. The number of piperidine rings is 1. The van der Waals surface area contributed by atoms with Crippen LogP contribution in [0.25, 0.3) is 11.3 Å². The Morgan fingerprint density at radius 2 is 1.86 bits per heavy atom. The molecule has 1 saturated heterocycles. The number of hydrogen-bond acceptors (Lipinski definition) is 6. The summed E-state index contributed by atoms with van der Waals surface area (Å²) in [5.41, 5.74) is 0.748. The van der Waals surface area contributed by atoms with Crippen molar-refractivity contribution in [1.29, 1.82) is 5.41 Å². The Bertz CT molecular complexity index is 1030. The Kier molecular flexibility index (Phi) is 10.6. The highest BCUT2D eigenvalue weighted by molar-refractivity contribution is 6.37. The minimum Gasteiger partial charge on any atom is -0.389 e. The first-order chi connectivity index (χ1) is 17.7. The van der Waals surface area contributed by atoms with Crippen LogP contribution in [0.2, 0.25) is 0 Å². The van der Waals surface area contributed by atoms with Gasteiger partial charge in [0.25, 0.3) is 5.91 Å². The predicted molar refractivity (Wildman–Crippen MR) is 147 cm³/mol. The highest BCUT2D eigenvalue weighted by Gasteiger charge is 2.35. The molecule has 8 nitrogen and oxygen atoms in total. The minimum atomic E-state index is -1.02. The number of rotatable bonds is 14. The van der Waals surface area contributed by atoms with Gasteiger partial charge in [0.2, 0.25) is 0 Å². The molecule has 1 aromatic heterocycles. The number of H-pyrrole nitrogens is 1. The fourth-order valence-corrected chi connectivity index (χ4v) is 4.87. The summed E-state index contributed by atoms with van der Waals surface area (Å²) < 4.78 is 0. The van der Waals surface area contributed by atoms with Crippen molar-refractivity contribution >= 4 is 17.4 Å². The van der Waals surface area contributed by atoms with Gasteiger partial charge in [-0.25, -0.2) is 4.98 Å². The molecule has 202 valence electrons. The summed E-state index contributed by atoms with van der Waals surface area (Å²) in [6.45, 7) is 7.69. The molecule has 1 aliphatic rings. The van der Waals surface area contributed by atoms with Gasteiger partial charge in [0.05, 0.1) is 29.2 Å². The fraction of sp³-hybridized carbons (Fsp3) is 0.586. The number of nitrogens with zero attached hydrogens (tertiary/aromatic N) is 2. The van der Waals surface area contributed by atoms with Gasteiger partial charge in [0.15, 0.2) is 0 Å². The van der Waals surface area contributed by atoms with Crippen LogP contribution >= 0.6 is 0 Å². The maximum Gasteiger partial charge on any atom is 0.265 e. The Labute approximate surface area is 220 Å². The molecule has 3 rings (SSSR count). The molecule has 1 atom stereocenters. The number of hydrogen-bond donors (Lipinski definition) is 4. The second-order valence-corrected chi connectivity index (χ2v) is 10.6. The van der Waals surface area contributed by atoms with Crippen LogP contribution in [0.1, 0.15) is 90.4 Å². The van der Waals surface area contributed by atoms with Gasteiger partial charge in [-0.2, -0.15) is 0 Å². The monoisotopic (exact) mass is 509 g/mol. The Morgan fingerprint density at radius 3 is 2.51 bits per heavy atom. The van der Waals surface area contributed by atoms with E-state index in [1.807, 2.05) is 37.3 Å². The highest BCUT2D eigenvalue weighted by Crippen LogP contribution is 2.28. The number of carbonyl (C=O) groups excluding carboxylic acids is 2. The molecule has 0 radical (unpaired) electrons. The van der Waals surface area contributed by atoms with E-state index in [1.54, 1.807) is 6.20 Å². The van der Waals surface area contributed by atoms with Gasteiger partial charge in [0, 0.05) is 38.4 Å². The molecule has 1 aliphatic heterocycles. The summed E-state index contributed by atoms with van der Waals surface area (Å²) in [6.07, 6.45) is 7.26. The smallest absolute Gasteiger partial charge is 0.265 e. The third-order valence-electron chi connectivity index (χ3n) is 7.40. The molecule has 1 aromatic carbocycles. The number of aromatic nitrogens is 2. The molecule has 8 heteroatoms. The van der Waals surface area contributed by atoms with Crippen molar-refractivity contribution in [2.75, 3.05) is 13.1 Å². The summed E-state index contributed by atoms with van der Waals surface area (Å²) >= 11 is 0. The van der Waals surface area contributed by atoms with Crippen LogP contribution in [0.5, 0.6) is 0 Å². The van der Waals surface area contributed by atoms with Crippen molar-refractivity contribution in [2.45, 2.75) is 96.2 Å². The first-order valence-corrected chi connectivity index (χ1v) is 13.7. The lowest BCUT2D eigenvalue weighted by molar-refractivity contribution is -0.119. The van der Waals surface area contributed by atoms with E-state index in [1.165, 1.54) is 0 Å². The second-order valence-electron chi connectivity index (χ2n) is 10.6. The van der Waals surface area contributed by atoms with Gasteiger partial charge in [-0.3, -0.25) is 15.0 Å². The summed E-state index contributed by atoms with van der Waals surface area (Å²) in [5.74, 6) is 0.450. The molecule has 0 aliphatic carbocycles. The Morgan fingerprint density at radius 1 is 1.16 bits per heavy atom. The molecule has 2 aromatic rings. The maximum absolute atomic E-state index is 13.1. The van der Waals surface area contributed by atoms with Gasteiger partial charge in [0.1, 0.15) is 11.6 Å². The van der Waals surface area contributed by atoms with Crippen LogP contribution in [-0.2, 0) is 9.59 Å². The number of aromatic amines is 1. The van der Waals surface area contributed by atoms with Crippen molar-refractivity contribution in [2.24, 2.45) is 0 Å². The number of unbranched alkanes of at least 4 members (excludes halogenated alkanes) is 2. The lowest BCUT2D eigenvalue weighted by Crippen LogP contribution is -2.49. The van der Waals surface area contributed by atoms with E-state index >= 15 is 0 Å². The number of carbonyl (C=O) groups is 2. The number of amides is 1. The van der Waals surface area contributed by atoms with Crippen LogP contribution in [0.4, 0.5) is 0 Å². The zero-order valence-electron chi connectivity index (χ0n) is 22.6. The number of Topliss-reactive ketones (excluding diaryl/α,β-unsaturated/α-hetero) is 1. The van der Waals surface area contributed by atoms with E-state index in [0.717, 1.165) is 43.6 Å². The number of likely N-dealkylation sites (tertiary alicyclic amines) is 1. The zero-order chi connectivity index (χ0) is 26.8. The quantitative estimate of drug-likeness (QED) is 0.215.